The van der Waals surface area contributed by atoms with Crippen LogP contribution in [0.1, 0.15) is 148 Å². The average molecular weight is 746 g/mol. The van der Waals surface area contributed by atoms with Crippen molar-refractivity contribution in [3.05, 3.63) is 43.0 Å². The van der Waals surface area contributed by atoms with Crippen LogP contribution in [0.3, 0.4) is 0 Å². The molecular formula is C35H64N5O8PS. The normalized spacial score (nSPS) is 19.3. The summed E-state index contributed by atoms with van der Waals surface area (Å²) in [4.78, 5) is 39.8. The lowest BCUT2D eigenvalue weighted by Gasteiger charge is -2.21. The van der Waals surface area contributed by atoms with E-state index in [9.17, 15) is 19.0 Å². The molecule has 288 valence electrons. The summed E-state index contributed by atoms with van der Waals surface area (Å²) in [7, 11) is -4.51. The number of phosphoric ester groups is 1. The summed E-state index contributed by atoms with van der Waals surface area (Å²) in [5.41, 5.74) is 8.19. The van der Waals surface area contributed by atoms with Gasteiger partial charge in [0.2, 0.25) is 0 Å². The number of phosphoric acid groups is 1. The Labute approximate surface area is 303 Å². The highest BCUT2D eigenvalue weighted by atomic mass is 32.2. The zero-order valence-corrected chi connectivity index (χ0v) is 32.5. The molecule has 0 spiro atoms. The zero-order chi connectivity index (χ0) is 36.5. The van der Waals surface area contributed by atoms with Crippen LogP contribution in [-0.4, -0.2) is 64.0 Å². The molecule has 0 aromatic carbocycles. The molecule has 0 saturated carbocycles. The van der Waals surface area contributed by atoms with E-state index in [1.165, 1.54) is 107 Å². The molecule has 1 fully saturated rings. The molecule has 4 unspecified atom stereocenters. The second-order valence-corrected chi connectivity index (χ2v) is 16.0. The Morgan fingerprint density at radius 2 is 1.56 bits per heavy atom. The van der Waals surface area contributed by atoms with Crippen LogP contribution in [0.25, 0.3) is 10.4 Å². The van der Waals surface area contributed by atoms with Gasteiger partial charge in [0.25, 0.3) is 5.56 Å². The second kappa shape index (κ2) is 27.0. The van der Waals surface area contributed by atoms with Gasteiger partial charge in [0, 0.05) is 35.5 Å². The number of hydrogen-bond donors (Lipinski definition) is 2. The highest BCUT2D eigenvalue weighted by Gasteiger charge is 2.38. The summed E-state index contributed by atoms with van der Waals surface area (Å²) in [6.45, 7) is 6.08. The van der Waals surface area contributed by atoms with Gasteiger partial charge in [-0.1, -0.05) is 122 Å². The van der Waals surface area contributed by atoms with Crippen LogP contribution in [0.4, 0.5) is 0 Å². The smallest absolute Gasteiger partial charge is 0.375 e. The Balaban J connectivity index is 1.81. The van der Waals surface area contributed by atoms with E-state index in [4.69, 9.17) is 24.1 Å². The minimum absolute atomic E-state index is 0.101. The summed E-state index contributed by atoms with van der Waals surface area (Å²) in [6.07, 6.45) is 21.8. The first-order valence-electron chi connectivity index (χ1n) is 19.0. The first kappa shape index (κ1) is 44.5. The first-order valence-corrected chi connectivity index (χ1v) is 21.7. The van der Waals surface area contributed by atoms with Crippen molar-refractivity contribution in [1.82, 2.24) is 9.55 Å². The largest absolute Gasteiger partial charge is 0.472 e. The summed E-state index contributed by atoms with van der Waals surface area (Å²) < 4.78 is 36.8. The highest BCUT2D eigenvalue weighted by molar-refractivity contribution is 7.99. The second-order valence-electron chi connectivity index (χ2n) is 13.4. The number of unbranched alkanes of at least 4 members (excludes halogenated alkanes) is 16. The molecule has 50 heavy (non-hydrogen) atoms. The van der Waals surface area contributed by atoms with Gasteiger partial charge in [-0.2, -0.15) is 11.8 Å². The van der Waals surface area contributed by atoms with Gasteiger partial charge in [0.15, 0.2) is 0 Å². The van der Waals surface area contributed by atoms with E-state index in [1.807, 2.05) is 0 Å². The molecule has 0 radical (unpaired) electrons. The lowest BCUT2D eigenvalue weighted by Crippen LogP contribution is -2.33. The molecule has 2 heterocycles. The highest BCUT2D eigenvalue weighted by Crippen LogP contribution is 2.45. The number of aryl methyl sites for hydroxylation is 1. The molecule has 0 amide bonds. The molecule has 2 rings (SSSR count). The van der Waals surface area contributed by atoms with E-state index in [2.05, 4.69) is 28.9 Å². The van der Waals surface area contributed by atoms with Gasteiger partial charge in [0.1, 0.15) is 6.23 Å². The van der Waals surface area contributed by atoms with Crippen LogP contribution in [0.5, 0.6) is 0 Å². The fourth-order valence-corrected chi connectivity index (χ4v) is 7.74. The number of nitrogens with zero attached hydrogens (tertiary/aromatic N) is 4. The van der Waals surface area contributed by atoms with Crippen LogP contribution in [-0.2, 0) is 23.1 Å². The molecule has 0 aliphatic carbocycles. The number of H-pyrrole nitrogens is 1. The van der Waals surface area contributed by atoms with Crippen molar-refractivity contribution in [1.29, 1.82) is 0 Å². The molecule has 0 bridgehead atoms. The van der Waals surface area contributed by atoms with Crippen molar-refractivity contribution in [2.45, 2.75) is 167 Å². The summed E-state index contributed by atoms with van der Waals surface area (Å²) in [5, 5.41) is 3.74. The van der Waals surface area contributed by atoms with E-state index in [-0.39, 0.29) is 19.1 Å². The lowest BCUT2D eigenvalue weighted by atomic mass is 10.1. The van der Waals surface area contributed by atoms with Crippen molar-refractivity contribution in [3.63, 3.8) is 0 Å². The molecule has 1 aromatic heterocycles. The van der Waals surface area contributed by atoms with Gasteiger partial charge in [-0.05, 0) is 31.0 Å². The molecule has 5 atom stereocenters. The van der Waals surface area contributed by atoms with Crippen LogP contribution < -0.4 is 11.2 Å². The minimum Gasteiger partial charge on any atom is -0.375 e. The van der Waals surface area contributed by atoms with Crippen LogP contribution >= 0.6 is 19.6 Å². The predicted octanol–water partition coefficient (Wildman–Crippen LogP) is 9.13. The third kappa shape index (κ3) is 19.3. The van der Waals surface area contributed by atoms with Gasteiger partial charge in [-0.15, -0.1) is 0 Å². The van der Waals surface area contributed by atoms with Gasteiger partial charge in [-0.25, -0.2) is 9.36 Å². The average Bonchev–Trinajstić information content (AvgIpc) is 3.49. The summed E-state index contributed by atoms with van der Waals surface area (Å²) in [5.74, 6) is 1.65. The van der Waals surface area contributed by atoms with Crippen LogP contribution in [0.2, 0.25) is 0 Å². The molecular weight excluding hydrogens is 681 g/mol. The van der Waals surface area contributed by atoms with Crippen molar-refractivity contribution >= 4 is 19.6 Å². The van der Waals surface area contributed by atoms with E-state index < -0.39 is 44.1 Å². The maximum absolute atomic E-state index is 12.9. The first-order chi connectivity index (χ1) is 24.2. The molecule has 1 aliphatic rings. The predicted molar refractivity (Wildman–Crippen MR) is 201 cm³/mol. The third-order valence-corrected chi connectivity index (χ3v) is 11.1. The Morgan fingerprint density at radius 1 is 0.980 bits per heavy atom. The van der Waals surface area contributed by atoms with Crippen molar-refractivity contribution in [3.8, 4) is 0 Å². The monoisotopic (exact) mass is 745 g/mol. The summed E-state index contributed by atoms with van der Waals surface area (Å²) in [6, 6.07) is -0.769. The molecule has 13 nitrogen and oxygen atoms in total. The number of nitrogens with one attached hydrogen (secondary N) is 1. The number of azide groups is 1. The lowest BCUT2D eigenvalue weighted by molar-refractivity contribution is -0.0315. The number of ether oxygens (including phenoxy) is 2. The molecule has 1 saturated heterocycles. The van der Waals surface area contributed by atoms with E-state index in [1.54, 1.807) is 18.7 Å². The third-order valence-electron chi connectivity index (χ3n) is 8.98. The van der Waals surface area contributed by atoms with E-state index in [0.29, 0.717) is 17.9 Å². The Morgan fingerprint density at radius 3 is 2.16 bits per heavy atom. The molecule has 1 aromatic rings. The summed E-state index contributed by atoms with van der Waals surface area (Å²) >= 11 is 1.78. The van der Waals surface area contributed by atoms with Gasteiger partial charge < -0.3 is 14.4 Å². The Kier molecular flexibility index (Phi) is 24.1. The molecule has 2 N–H and O–H groups in total. The number of hydrogen-bond acceptors (Lipinski definition) is 9. The van der Waals surface area contributed by atoms with Gasteiger partial charge >= 0.3 is 13.5 Å². The number of aromatic nitrogens is 2. The number of thioether (sulfide) groups is 1. The van der Waals surface area contributed by atoms with E-state index in [0.717, 1.165) is 25.0 Å². The maximum Gasteiger partial charge on any atom is 0.472 e. The standard InChI is InChI=1S/C35H64N5O8PS/c1-4-6-8-10-12-14-15-17-19-21-23-50-28-30(45-22-20-18-16-13-11-9-7-5-2)26-46-49(43,44)47-27-32-31(38-39-36)24-33(48-32)40-25-29(3)34(41)37-35(40)42/h25,30-33H,4-24,26-28H2,1-3H3,(H,43,44)(H,37,41,42)/t30-,31?,32?,33?/m0/s1. The van der Waals surface area contributed by atoms with Gasteiger partial charge in [0.05, 0.1) is 31.5 Å². The number of rotatable bonds is 31. The topological polar surface area (TPSA) is 178 Å². The van der Waals surface area contributed by atoms with Crippen LogP contribution in [0.15, 0.2) is 20.9 Å². The van der Waals surface area contributed by atoms with Crippen molar-refractivity contribution in [2.75, 3.05) is 31.3 Å². The zero-order valence-electron chi connectivity index (χ0n) is 30.8. The minimum atomic E-state index is -4.51. The molecule has 1 aliphatic heterocycles. The molecule has 15 heteroatoms. The van der Waals surface area contributed by atoms with Gasteiger partial charge in [-0.3, -0.25) is 23.4 Å². The number of aromatic amines is 1. The van der Waals surface area contributed by atoms with Crippen molar-refractivity contribution < 1.29 is 28.0 Å². The maximum atomic E-state index is 12.9. The fraction of sp³-hybridized carbons (Fsp3) is 0.886. The Hall–Kier alpha value is -1.63. The SMILES string of the molecule is CCCCCCCCCCCCSC[C@H](COP(=O)(O)OCC1OC(n2cc(C)c(=O)[nH]c2=O)CC1N=[N+]=[N-])OCCCCCCCCCC. The van der Waals surface area contributed by atoms with Crippen LogP contribution in [0, 0.1) is 6.92 Å². The van der Waals surface area contributed by atoms with E-state index >= 15 is 0 Å². The quantitative estimate of drug-likeness (QED) is 0.0247. The fourth-order valence-electron chi connectivity index (χ4n) is 5.94. The van der Waals surface area contributed by atoms with Crippen molar-refractivity contribution in [2.24, 2.45) is 5.11 Å². The Bertz CT molecular complexity index is 1260.